The molecule has 5 nitrogen and oxygen atoms in total. The van der Waals surface area contributed by atoms with Gasteiger partial charge in [0, 0.05) is 12.7 Å². The highest BCUT2D eigenvalue weighted by Gasteiger charge is 2.26. The average Bonchev–Trinajstić information content (AvgIpc) is 2.38. The van der Waals surface area contributed by atoms with Gasteiger partial charge in [0.05, 0.1) is 25.3 Å². The average molecular weight is 280 g/mol. The summed E-state index contributed by atoms with van der Waals surface area (Å²) in [5.74, 6) is 0.753. The van der Waals surface area contributed by atoms with Gasteiger partial charge in [0.2, 0.25) is 0 Å². The summed E-state index contributed by atoms with van der Waals surface area (Å²) in [5.41, 5.74) is 0.390. The van der Waals surface area contributed by atoms with Gasteiger partial charge < -0.3 is 20.1 Å². The van der Waals surface area contributed by atoms with Gasteiger partial charge in [-0.1, -0.05) is 18.2 Å². The van der Waals surface area contributed by atoms with Gasteiger partial charge in [-0.15, -0.1) is 0 Å². The Morgan fingerprint density at radius 1 is 1.30 bits per heavy atom. The minimum atomic E-state index is -0.538. The van der Waals surface area contributed by atoms with Crippen LogP contribution in [0.2, 0.25) is 0 Å². The molecular weight excluding hydrogens is 256 g/mol. The SMILES string of the molecule is COC[C@@H](C)NC(=O)NC(C)(C)c1ccccc1OC. The van der Waals surface area contributed by atoms with Crippen molar-refractivity contribution in [3.8, 4) is 5.75 Å². The molecule has 2 amide bonds. The van der Waals surface area contributed by atoms with Gasteiger partial charge in [-0.05, 0) is 26.8 Å². The lowest BCUT2D eigenvalue weighted by molar-refractivity contribution is 0.169. The first kappa shape index (κ1) is 16.3. The molecule has 0 aliphatic rings. The van der Waals surface area contributed by atoms with Crippen LogP contribution in [0.15, 0.2) is 24.3 Å². The highest BCUT2D eigenvalue weighted by molar-refractivity contribution is 5.75. The van der Waals surface area contributed by atoms with E-state index in [1.54, 1.807) is 14.2 Å². The molecule has 0 saturated carbocycles. The molecule has 0 saturated heterocycles. The van der Waals surface area contributed by atoms with Crippen LogP contribution in [-0.4, -0.2) is 32.9 Å². The van der Waals surface area contributed by atoms with E-state index >= 15 is 0 Å². The number of para-hydroxylation sites is 1. The van der Waals surface area contributed by atoms with Crippen LogP contribution in [0.1, 0.15) is 26.3 Å². The lowest BCUT2D eigenvalue weighted by Gasteiger charge is -2.29. The van der Waals surface area contributed by atoms with E-state index in [9.17, 15) is 4.79 Å². The van der Waals surface area contributed by atoms with Crippen LogP contribution in [0.25, 0.3) is 0 Å². The Hall–Kier alpha value is -1.75. The zero-order valence-electron chi connectivity index (χ0n) is 12.8. The van der Waals surface area contributed by atoms with E-state index in [1.807, 2.05) is 45.0 Å². The third kappa shape index (κ3) is 4.42. The quantitative estimate of drug-likeness (QED) is 0.840. The van der Waals surface area contributed by atoms with Crippen LogP contribution in [0.5, 0.6) is 5.75 Å². The van der Waals surface area contributed by atoms with Crippen LogP contribution >= 0.6 is 0 Å². The molecule has 0 bridgehead atoms. The Morgan fingerprint density at radius 2 is 1.95 bits per heavy atom. The van der Waals surface area contributed by atoms with E-state index in [0.717, 1.165) is 11.3 Å². The molecule has 0 radical (unpaired) electrons. The van der Waals surface area contributed by atoms with Crippen molar-refractivity contribution < 1.29 is 14.3 Å². The van der Waals surface area contributed by atoms with Crippen molar-refractivity contribution in [2.45, 2.75) is 32.4 Å². The van der Waals surface area contributed by atoms with Crippen molar-refractivity contribution in [3.05, 3.63) is 29.8 Å². The molecule has 0 aromatic heterocycles. The van der Waals surface area contributed by atoms with Crippen molar-refractivity contribution in [2.75, 3.05) is 20.8 Å². The normalized spacial score (nSPS) is 12.7. The number of hydrogen-bond acceptors (Lipinski definition) is 3. The predicted octanol–water partition coefficient (Wildman–Crippen LogP) is 2.26. The molecule has 5 heteroatoms. The molecule has 2 N–H and O–H groups in total. The summed E-state index contributed by atoms with van der Waals surface area (Å²) in [6.07, 6.45) is 0. The minimum Gasteiger partial charge on any atom is -0.496 e. The summed E-state index contributed by atoms with van der Waals surface area (Å²) >= 11 is 0. The van der Waals surface area contributed by atoms with E-state index in [-0.39, 0.29) is 12.1 Å². The first-order chi connectivity index (χ1) is 9.40. The molecule has 20 heavy (non-hydrogen) atoms. The van der Waals surface area contributed by atoms with Gasteiger partial charge >= 0.3 is 6.03 Å². The number of rotatable bonds is 6. The lowest BCUT2D eigenvalue weighted by atomic mass is 9.93. The molecule has 0 spiro atoms. The number of nitrogens with one attached hydrogen (secondary N) is 2. The molecule has 1 rings (SSSR count). The second-order valence-electron chi connectivity index (χ2n) is 5.28. The third-order valence-corrected chi connectivity index (χ3v) is 3.00. The fourth-order valence-electron chi connectivity index (χ4n) is 2.06. The summed E-state index contributed by atoms with van der Waals surface area (Å²) < 4.78 is 10.3. The number of benzene rings is 1. The zero-order valence-corrected chi connectivity index (χ0v) is 12.8. The monoisotopic (exact) mass is 280 g/mol. The highest BCUT2D eigenvalue weighted by Crippen LogP contribution is 2.29. The maximum atomic E-state index is 12.0. The second-order valence-corrected chi connectivity index (χ2v) is 5.28. The molecule has 112 valence electrons. The Morgan fingerprint density at radius 3 is 2.55 bits per heavy atom. The second kappa shape index (κ2) is 7.14. The Bertz CT molecular complexity index is 446. The molecule has 1 aromatic rings. The van der Waals surface area contributed by atoms with Crippen molar-refractivity contribution in [1.29, 1.82) is 0 Å². The maximum Gasteiger partial charge on any atom is 0.315 e. The van der Waals surface area contributed by atoms with Gasteiger partial charge in [-0.3, -0.25) is 0 Å². The first-order valence-corrected chi connectivity index (χ1v) is 6.62. The van der Waals surface area contributed by atoms with Crippen LogP contribution in [-0.2, 0) is 10.3 Å². The van der Waals surface area contributed by atoms with Crippen LogP contribution < -0.4 is 15.4 Å². The van der Waals surface area contributed by atoms with Gasteiger partial charge in [0.1, 0.15) is 5.75 Å². The Kier molecular flexibility index (Phi) is 5.82. The lowest BCUT2D eigenvalue weighted by Crippen LogP contribution is -2.49. The molecule has 0 aliphatic heterocycles. The smallest absolute Gasteiger partial charge is 0.315 e. The largest absolute Gasteiger partial charge is 0.496 e. The summed E-state index contributed by atoms with van der Waals surface area (Å²) in [4.78, 5) is 12.0. The van der Waals surface area contributed by atoms with Crippen LogP contribution in [0, 0.1) is 0 Å². The molecule has 1 atom stereocenters. The number of carbonyl (C=O) groups is 1. The molecule has 0 fully saturated rings. The summed E-state index contributed by atoms with van der Waals surface area (Å²) in [6, 6.07) is 7.37. The molecule has 0 unspecified atom stereocenters. The molecular formula is C15H24N2O3. The molecule has 1 aromatic carbocycles. The number of amides is 2. The summed E-state index contributed by atoms with van der Waals surface area (Å²) in [7, 11) is 3.23. The van der Waals surface area contributed by atoms with Gasteiger partial charge in [-0.25, -0.2) is 4.79 Å². The van der Waals surface area contributed by atoms with Crippen molar-refractivity contribution in [1.82, 2.24) is 10.6 Å². The number of methoxy groups -OCH3 is 2. The summed E-state index contributed by atoms with van der Waals surface area (Å²) in [5, 5.41) is 5.78. The van der Waals surface area contributed by atoms with Crippen LogP contribution in [0.3, 0.4) is 0 Å². The summed E-state index contributed by atoms with van der Waals surface area (Å²) in [6.45, 7) is 6.23. The predicted molar refractivity (Wildman–Crippen MR) is 79.0 cm³/mol. The number of ether oxygens (including phenoxy) is 2. The van der Waals surface area contributed by atoms with Crippen molar-refractivity contribution in [2.24, 2.45) is 0 Å². The zero-order chi connectivity index (χ0) is 15.2. The van der Waals surface area contributed by atoms with Crippen LogP contribution in [0.4, 0.5) is 4.79 Å². The van der Waals surface area contributed by atoms with E-state index in [0.29, 0.717) is 6.61 Å². The first-order valence-electron chi connectivity index (χ1n) is 6.62. The van der Waals surface area contributed by atoms with E-state index < -0.39 is 5.54 Å². The van der Waals surface area contributed by atoms with E-state index in [2.05, 4.69) is 10.6 Å². The van der Waals surface area contributed by atoms with E-state index in [1.165, 1.54) is 0 Å². The van der Waals surface area contributed by atoms with Gasteiger partial charge in [-0.2, -0.15) is 0 Å². The Balaban J connectivity index is 2.76. The maximum absolute atomic E-state index is 12.0. The minimum absolute atomic E-state index is 0.0477. The van der Waals surface area contributed by atoms with Crippen molar-refractivity contribution >= 4 is 6.03 Å². The standard InChI is InChI=1S/C15H24N2O3/c1-11(10-19-4)16-14(18)17-15(2,3)12-8-6-7-9-13(12)20-5/h6-9,11H,10H2,1-5H3,(H2,16,17,18)/t11-/m1/s1. The highest BCUT2D eigenvalue weighted by atomic mass is 16.5. The number of urea groups is 1. The Labute approximate surface area is 120 Å². The molecule has 0 heterocycles. The number of hydrogen-bond donors (Lipinski definition) is 2. The fourth-order valence-corrected chi connectivity index (χ4v) is 2.06. The fraction of sp³-hybridized carbons (Fsp3) is 0.533. The molecule has 0 aliphatic carbocycles. The van der Waals surface area contributed by atoms with Gasteiger partial charge in [0.25, 0.3) is 0 Å². The van der Waals surface area contributed by atoms with Gasteiger partial charge in [0.15, 0.2) is 0 Å². The number of carbonyl (C=O) groups excluding carboxylic acids is 1. The van der Waals surface area contributed by atoms with Crippen molar-refractivity contribution in [3.63, 3.8) is 0 Å². The third-order valence-electron chi connectivity index (χ3n) is 3.00. The van der Waals surface area contributed by atoms with E-state index in [4.69, 9.17) is 9.47 Å². The topological polar surface area (TPSA) is 59.6 Å².